The second-order valence-corrected chi connectivity index (χ2v) is 2.98. The summed E-state index contributed by atoms with van der Waals surface area (Å²) < 4.78 is 1.92. The summed E-state index contributed by atoms with van der Waals surface area (Å²) in [5.74, 6) is 0.941. The summed E-state index contributed by atoms with van der Waals surface area (Å²) in [7, 11) is 0. The second-order valence-electron chi connectivity index (χ2n) is 2.98. The molecule has 0 atom stereocenters. The van der Waals surface area contributed by atoms with Crippen LogP contribution in [-0.2, 0) is 6.54 Å². The van der Waals surface area contributed by atoms with Crippen LogP contribution in [0, 0.1) is 6.92 Å². The number of rotatable bonds is 4. The summed E-state index contributed by atoms with van der Waals surface area (Å²) in [5, 5.41) is 0. The average molecular weight is 178 g/mol. The largest absolute Gasteiger partial charge is 0.326 e. The normalized spacial score (nSPS) is 10.0. The van der Waals surface area contributed by atoms with E-state index in [0.717, 1.165) is 18.8 Å². The van der Waals surface area contributed by atoms with Gasteiger partial charge in [0.05, 0.1) is 6.20 Å². The Morgan fingerprint density at radius 1 is 1.77 bits per heavy atom. The molecule has 0 saturated heterocycles. The van der Waals surface area contributed by atoms with Gasteiger partial charge in [-0.2, -0.15) is 0 Å². The van der Waals surface area contributed by atoms with Crippen LogP contribution in [0.3, 0.4) is 0 Å². The van der Waals surface area contributed by atoms with Gasteiger partial charge in [0.25, 0.3) is 0 Å². The fraction of sp³-hybridized carbons (Fsp3) is 0.400. The maximum Gasteiger partial charge on any atom is 0.177 e. The zero-order valence-electron chi connectivity index (χ0n) is 8.08. The monoisotopic (exact) mass is 178 g/mol. The zero-order chi connectivity index (χ0) is 9.84. The Kier molecular flexibility index (Phi) is 3.01. The molecular formula is C10H14N2O. The summed E-state index contributed by atoms with van der Waals surface area (Å²) in [6, 6.07) is 0. The Balaban J connectivity index is 2.94. The molecule has 1 aromatic heterocycles. The highest BCUT2D eigenvalue weighted by Crippen LogP contribution is 2.06. The van der Waals surface area contributed by atoms with Crippen molar-refractivity contribution in [3.63, 3.8) is 0 Å². The van der Waals surface area contributed by atoms with Crippen molar-refractivity contribution < 1.29 is 4.79 Å². The SMILES string of the molecule is C=CCCn1c(C(C)=O)cnc1C. The van der Waals surface area contributed by atoms with Crippen molar-refractivity contribution in [1.29, 1.82) is 0 Å². The molecule has 0 saturated carbocycles. The van der Waals surface area contributed by atoms with Gasteiger partial charge in [-0.25, -0.2) is 4.98 Å². The van der Waals surface area contributed by atoms with E-state index in [0.29, 0.717) is 5.69 Å². The van der Waals surface area contributed by atoms with Crippen LogP contribution in [0.15, 0.2) is 18.9 Å². The molecule has 3 heteroatoms. The van der Waals surface area contributed by atoms with Crippen LogP contribution in [0.4, 0.5) is 0 Å². The highest BCUT2D eigenvalue weighted by atomic mass is 16.1. The van der Waals surface area contributed by atoms with Gasteiger partial charge in [-0.1, -0.05) is 6.08 Å². The third kappa shape index (κ3) is 2.05. The summed E-state index contributed by atoms with van der Waals surface area (Å²) in [6.45, 7) is 7.88. The Morgan fingerprint density at radius 2 is 2.46 bits per heavy atom. The van der Waals surface area contributed by atoms with E-state index in [9.17, 15) is 4.79 Å². The van der Waals surface area contributed by atoms with E-state index >= 15 is 0 Å². The Labute approximate surface area is 78.1 Å². The van der Waals surface area contributed by atoms with Gasteiger partial charge in [0, 0.05) is 13.5 Å². The van der Waals surface area contributed by atoms with E-state index in [1.54, 1.807) is 13.1 Å². The number of nitrogens with zero attached hydrogens (tertiary/aromatic N) is 2. The number of hydrogen-bond donors (Lipinski definition) is 0. The second kappa shape index (κ2) is 4.03. The Bertz CT molecular complexity index is 326. The summed E-state index contributed by atoms with van der Waals surface area (Å²) >= 11 is 0. The molecule has 0 amide bonds. The number of carbonyl (C=O) groups is 1. The van der Waals surface area contributed by atoms with Gasteiger partial charge in [-0.05, 0) is 13.3 Å². The van der Waals surface area contributed by atoms with E-state index in [-0.39, 0.29) is 5.78 Å². The quantitative estimate of drug-likeness (QED) is 0.522. The Morgan fingerprint density at radius 3 is 3.00 bits per heavy atom. The van der Waals surface area contributed by atoms with Crippen LogP contribution >= 0.6 is 0 Å². The molecule has 0 unspecified atom stereocenters. The smallest absolute Gasteiger partial charge is 0.177 e. The molecule has 0 aromatic carbocycles. The highest BCUT2D eigenvalue weighted by Gasteiger charge is 2.08. The number of carbonyl (C=O) groups excluding carboxylic acids is 1. The first-order valence-electron chi connectivity index (χ1n) is 4.30. The lowest BCUT2D eigenvalue weighted by Crippen LogP contribution is -2.07. The average Bonchev–Trinajstić information content (AvgIpc) is 2.43. The molecule has 1 aromatic rings. The molecule has 0 fully saturated rings. The maximum atomic E-state index is 11.2. The molecule has 0 bridgehead atoms. The first-order valence-corrected chi connectivity index (χ1v) is 4.30. The first kappa shape index (κ1) is 9.71. The van der Waals surface area contributed by atoms with Crippen molar-refractivity contribution >= 4 is 5.78 Å². The molecule has 0 radical (unpaired) electrons. The first-order chi connectivity index (χ1) is 6.16. The molecule has 0 aliphatic heterocycles. The van der Waals surface area contributed by atoms with Crippen molar-refractivity contribution in [3.8, 4) is 0 Å². The van der Waals surface area contributed by atoms with Gasteiger partial charge >= 0.3 is 0 Å². The van der Waals surface area contributed by atoms with Gasteiger partial charge < -0.3 is 4.57 Å². The molecule has 0 spiro atoms. The minimum Gasteiger partial charge on any atom is -0.326 e. The summed E-state index contributed by atoms with van der Waals surface area (Å²) in [4.78, 5) is 15.3. The molecule has 0 aliphatic rings. The Hall–Kier alpha value is -1.38. The minimum absolute atomic E-state index is 0.0599. The number of imidazole rings is 1. The minimum atomic E-state index is 0.0599. The molecule has 3 nitrogen and oxygen atoms in total. The number of hydrogen-bond acceptors (Lipinski definition) is 2. The number of aromatic nitrogens is 2. The molecular weight excluding hydrogens is 164 g/mol. The van der Waals surface area contributed by atoms with E-state index in [4.69, 9.17) is 0 Å². The van der Waals surface area contributed by atoms with Gasteiger partial charge in [0.15, 0.2) is 5.78 Å². The summed E-state index contributed by atoms with van der Waals surface area (Å²) in [6.07, 6.45) is 4.32. The van der Waals surface area contributed by atoms with Crippen LogP contribution < -0.4 is 0 Å². The predicted molar refractivity (Wildman–Crippen MR) is 51.8 cm³/mol. The number of ketones is 1. The third-order valence-electron chi connectivity index (χ3n) is 1.97. The number of aryl methyl sites for hydroxylation is 1. The number of allylic oxidation sites excluding steroid dienone is 1. The molecule has 1 rings (SSSR count). The lowest BCUT2D eigenvalue weighted by atomic mass is 10.3. The topological polar surface area (TPSA) is 34.9 Å². The van der Waals surface area contributed by atoms with Gasteiger partial charge in [0.1, 0.15) is 11.5 Å². The van der Waals surface area contributed by atoms with Crippen LogP contribution in [0.25, 0.3) is 0 Å². The lowest BCUT2D eigenvalue weighted by molar-refractivity contribution is 0.100. The van der Waals surface area contributed by atoms with Crippen molar-refractivity contribution in [2.24, 2.45) is 0 Å². The van der Waals surface area contributed by atoms with Crippen LogP contribution in [0.5, 0.6) is 0 Å². The molecule has 1 heterocycles. The van der Waals surface area contributed by atoms with E-state index < -0.39 is 0 Å². The van der Waals surface area contributed by atoms with Gasteiger partial charge in [-0.3, -0.25) is 4.79 Å². The van der Waals surface area contributed by atoms with Gasteiger partial charge in [-0.15, -0.1) is 6.58 Å². The number of Topliss-reactive ketones (excluding diaryl/α,β-unsaturated/α-hetero) is 1. The zero-order valence-corrected chi connectivity index (χ0v) is 8.08. The lowest BCUT2D eigenvalue weighted by Gasteiger charge is -2.05. The van der Waals surface area contributed by atoms with Crippen molar-refractivity contribution in [1.82, 2.24) is 9.55 Å². The van der Waals surface area contributed by atoms with Crippen molar-refractivity contribution in [2.45, 2.75) is 26.8 Å². The standard InChI is InChI=1S/C10H14N2O/c1-4-5-6-12-9(3)11-7-10(12)8(2)13/h4,7H,1,5-6H2,2-3H3. The maximum absolute atomic E-state index is 11.2. The van der Waals surface area contributed by atoms with Crippen LogP contribution in [0.1, 0.15) is 29.7 Å². The summed E-state index contributed by atoms with van der Waals surface area (Å²) in [5.41, 5.74) is 0.680. The van der Waals surface area contributed by atoms with Gasteiger partial charge in [0.2, 0.25) is 0 Å². The van der Waals surface area contributed by atoms with Crippen LogP contribution in [-0.4, -0.2) is 15.3 Å². The molecule has 13 heavy (non-hydrogen) atoms. The van der Waals surface area contributed by atoms with Crippen molar-refractivity contribution in [3.05, 3.63) is 30.4 Å². The van der Waals surface area contributed by atoms with E-state index in [1.807, 2.05) is 17.6 Å². The predicted octanol–water partition coefficient (Wildman–Crippen LogP) is 1.97. The highest BCUT2D eigenvalue weighted by molar-refractivity contribution is 5.92. The third-order valence-corrected chi connectivity index (χ3v) is 1.97. The molecule has 0 aliphatic carbocycles. The van der Waals surface area contributed by atoms with Crippen molar-refractivity contribution in [2.75, 3.05) is 0 Å². The van der Waals surface area contributed by atoms with E-state index in [2.05, 4.69) is 11.6 Å². The fourth-order valence-electron chi connectivity index (χ4n) is 1.25. The molecule has 0 N–H and O–H groups in total. The van der Waals surface area contributed by atoms with E-state index in [1.165, 1.54) is 0 Å². The van der Waals surface area contributed by atoms with Crippen LogP contribution in [0.2, 0.25) is 0 Å². The molecule has 70 valence electrons. The fourth-order valence-corrected chi connectivity index (χ4v) is 1.25.